The van der Waals surface area contributed by atoms with Crippen molar-refractivity contribution in [1.29, 1.82) is 0 Å². The van der Waals surface area contributed by atoms with E-state index in [1.165, 1.54) is 21.9 Å². The van der Waals surface area contributed by atoms with Crippen LogP contribution in [0.25, 0.3) is 0 Å². The van der Waals surface area contributed by atoms with Gasteiger partial charge in [0.05, 0.1) is 12.8 Å². The van der Waals surface area contributed by atoms with Crippen molar-refractivity contribution in [3.05, 3.63) is 5.01 Å². The normalized spacial score (nSPS) is 18.1. The molecule has 0 saturated carbocycles. The van der Waals surface area contributed by atoms with E-state index in [9.17, 15) is 13.2 Å². The lowest BCUT2D eigenvalue weighted by molar-refractivity contribution is -0.117. The third-order valence-corrected chi connectivity index (χ3v) is 5.00. The summed E-state index contributed by atoms with van der Waals surface area (Å²) in [6.45, 7) is 3.99. The monoisotopic (exact) mass is 319 g/mol. The Morgan fingerprint density at radius 1 is 1.30 bits per heavy atom. The lowest BCUT2D eigenvalue weighted by Crippen LogP contribution is -2.50. The number of aryl methyl sites for hydroxylation is 1. The molecule has 112 valence electrons. The highest BCUT2D eigenvalue weighted by molar-refractivity contribution is 7.88. The second-order valence-corrected chi connectivity index (χ2v) is 7.78. The van der Waals surface area contributed by atoms with Gasteiger partial charge in [-0.25, -0.2) is 8.42 Å². The van der Waals surface area contributed by atoms with E-state index >= 15 is 0 Å². The highest BCUT2D eigenvalue weighted by Gasteiger charge is 2.24. The molecule has 1 saturated heterocycles. The van der Waals surface area contributed by atoms with Gasteiger partial charge in [0.25, 0.3) is 0 Å². The maximum Gasteiger partial charge on any atom is 0.240 e. The number of hydrogen-bond acceptors (Lipinski definition) is 7. The summed E-state index contributed by atoms with van der Waals surface area (Å²) in [6, 6.07) is 0. The van der Waals surface area contributed by atoms with Crippen LogP contribution in [0.4, 0.5) is 5.13 Å². The molecule has 2 heterocycles. The maximum absolute atomic E-state index is 11.8. The minimum atomic E-state index is -3.13. The van der Waals surface area contributed by atoms with E-state index in [1.807, 2.05) is 11.8 Å². The van der Waals surface area contributed by atoms with Gasteiger partial charge in [0.15, 0.2) is 0 Å². The Bertz CT molecular complexity index is 577. The van der Waals surface area contributed by atoms with E-state index in [0.717, 1.165) is 5.01 Å². The van der Waals surface area contributed by atoms with Gasteiger partial charge < -0.3 is 0 Å². The molecule has 10 heteroatoms. The number of carbonyl (C=O) groups excluding carboxylic acids is 1. The predicted octanol–water partition coefficient (Wildman–Crippen LogP) is -0.638. The molecule has 1 aromatic heterocycles. The average molecular weight is 319 g/mol. The highest BCUT2D eigenvalue weighted by atomic mass is 32.2. The summed E-state index contributed by atoms with van der Waals surface area (Å²) in [6.07, 6.45) is 1.20. The third-order valence-electron chi connectivity index (χ3n) is 2.94. The van der Waals surface area contributed by atoms with Crippen LogP contribution >= 0.6 is 11.3 Å². The van der Waals surface area contributed by atoms with Crippen LogP contribution in [0.15, 0.2) is 0 Å². The zero-order valence-electron chi connectivity index (χ0n) is 11.4. The first-order valence-corrected chi connectivity index (χ1v) is 8.78. The lowest BCUT2D eigenvalue weighted by atomic mass is 10.3. The molecule has 0 unspecified atom stereocenters. The van der Waals surface area contributed by atoms with Gasteiger partial charge in [-0.3, -0.25) is 15.0 Å². The predicted molar refractivity (Wildman–Crippen MR) is 76.1 cm³/mol. The third kappa shape index (κ3) is 4.20. The van der Waals surface area contributed by atoms with Crippen molar-refractivity contribution in [2.75, 3.05) is 44.3 Å². The molecule has 0 radical (unpaired) electrons. The highest BCUT2D eigenvalue weighted by Crippen LogP contribution is 2.13. The lowest BCUT2D eigenvalue weighted by Gasteiger charge is -2.32. The Morgan fingerprint density at radius 2 is 1.95 bits per heavy atom. The molecule has 1 N–H and O–H groups in total. The van der Waals surface area contributed by atoms with Gasteiger partial charge in [-0.1, -0.05) is 11.3 Å². The average Bonchev–Trinajstić information content (AvgIpc) is 2.74. The van der Waals surface area contributed by atoms with Crippen LogP contribution in [0, 0.1) is 6.92 Å². The van der Waals surface area contributed by atoms with Crippen molar-refractivity contribution in [3.8, 4) is 0 Å². The molecule has 0 spiro atoms. The number of aromatic nitrogens is 2. The van der Waals surface area contributed by atoms with Crippen molar-refractivity contribution in [2.24, 2.45) is 0 Å². The second-order valence-electron chi connectivity index (χ2n) is 4.61. The summed E-state index contributed by atoms with van der Waals surface area (Å²) in [5.74, 6) is -0.158. The maximum atomic E-state index is 11.8. The number of hydrogen-bond donors (Lipinski definition) is 1. The van der Waals surface area contributed by atoms with Gasteiger partial charge in [-0.15, -0.1) is 10.2 Å². The summed E-state index contributed by atoms with van der Waals surface area (Å²) in [5.41, 5.74) is 0. The molecule has 1 fully saturated rings. The van der Waals surface area contributed by atoms with Crippen LogP contribution in [0.1, 0.15) is 5.01 Å². The molecule has 20 heavy (non-hydrogen) atoms. The van der Waals surface area contributed by atoms with Crippen LogP contribution in [-0.4, -0.2) is 72.7 Å². The molecule has 0 bridgehead atoms. The Hall–Kier alpha value is -1.10. The fourth-order valence-corrected chi connectivity index (χ4v) is 3.36. The number of nitrogens with zero attached hydrogens (tertiary/aromatic N) is 4. The molecule has 1 amide bonds. The number of amides is 1. The van der Waals surface area contributed by atoms with Crippen LogP contribution in [0.5, 0.6) is 0 Å². The van der Waals surface area contributed by atoms with Crippen LogP contribution in [0.2, 0.25) is 0 Å². The van der Waals surface area contributed by atoms with Gasteiger partial charge >= 0.3 is 0 Å². The zero-order valence-corrected chi connectivity index (χ0v) is 13.0. The number of rotatable bonds is 4. The minimum Gasteiger partial charge on any atom is -0.299 e. The molecular formula is C10H17N5O3S2. The fourth-order valence-electron chi connectivity index (χ4n) is 1.93. The van der Waals surface area contributed by atoms with Gasteiger partial charge in [0.1, 0.15) is 5.01 Å². The van der Waals surface area contributed by atoms with Crippen LogP contribution < -0.4 is 5.32 Å². The number of carbonyl (C=O) groups is 1. The van der Waals surface area contributed by atoms with E-state index in [1.54, 1.807) is 0 Å². The van der Waals surface area contributed by atoms with Crippen molar-refractivity contribution < 1.29 is 13.2 Å². The minimum absolute atomic E-state index is 0.158. The Balaban J connectivity index is 1.79. The van der Waals surface area contributed by atoms with E-state index in [4.69, 9.17) is 0 Å². The van der Waals surface area contributed by atoms with E-state index in [0.29, 0.717) is 31.3 Å². The molecule has 0 atom stereocenters. The first kappa shape index (κ1) is 15.3. The summed E-state index contributed by atoms with van der Waals surface area (Å²) in [5, 5.41) is 11.6. The summed E-state index contributed by atoms with van der Waals surface area (Å²) in [7, 11) is -3.13. The first-order valence-electron chi connectivity index (χ1n) is 6.12. The van der Waals surface area contributed by atoms with Gasteiger partial charge in [0.2, 0.25) is 21.1 Å². The quantitative estimate of drug-likeness (QED) is 0.793. The van der Waals surface area contributed by atoms with Crippen LogP contribution in [-0.2, 0) is 14.8 Å². The molecule has 1 aliphatic rings. The fraction of sp³-hybridized carbons (Fsp3) is 0.700. The zero-order chi connectivity index (χ0) is 14.8. The molecule has 2 rings (SSSR count). The molecule has 0 aromatic carbocycles. The van der Waals surface area contributed by atoms with E-state index in [2.05, 4.69) is 15.5 Å². The van der Waals surface area contributed by atoms with Gasteiger partial charge in [0, 0.05) is 26.2 Å². The van der Waals surface area contributed by atoms with Gasteiger partial charge in [-0.2, -0.15) is 4.31 Å². The molecule has 8 nitrogen and oxygen atoms in total. The van der Waals surface area contributed by atoms with Crippen molar-refractivity contribution >= 4 is 32.4 Å². The van der Waals surface area contributed by atoms with Gasteiger partial charge in [-0.05, 0) is 6.92 Å². The Morgan fingerprint density at radius 3 is 2.45 bits per heavy atom. The molecule has 0 aliphatic carbocycles. The summed E-state index contributed by atoms with van der Waals surface area (Å²) in [4.78, 5) is 13.7. The smallest absolute Gasteiger partial charge is 0.240 e. The van der Waals surface area contributed by atoms with Crippen molar-refractivity contribution in [3.63, 3.8) is 0 Å². The first-order chi connectivity index (χ1) is 9.34. The standard InChI is InChI=1S/C10H17N5O3S2/c1-8-12-13-10(19-8)11-9(16)7-14-3-5-15(6-4-14)20(2,17)18/h3-7H2,1-2H3,(H,11,13,16). The number of piperazine rings is 1. The largest absolute Gasteiger partial charge is 0.299 e. The Labute approximate surface area is 121 Å². The van der Waals surface area contributed by atoms with E-state index in [-0.39, 0.29) is 12.5 Å². The number of nitrogens with one attached hydrogen (secondary N) is 1. The van der Waals surface area contributed by atoms with Crippen molar-refractivity contribution in [1.82, 2.24) is 19.4 Å². The van der Waals surface area contributed by atoms with Crippen molar-refractivity contribution in [2.45, 2.75) is 6.92 Å². The second kappa shape index (κ2) is 6.12. The van der Waals surface area contributed by atoms with Crippen LogP contribution in [0.3, 0.4) is 0 Å². The summed E-state index contributed by atoms with van der Waals surface area (Å²) < 4.78 is 24.2. The molecular weight excluding hydrogens is 302 g/mol. The topological polar surface area (TPSA) is 95.5 Å². The number of sulfonamides is 1. The Kier molecular flexibility index (Phi) is 4.68. The number of anilines is 1. The van der Waals surface area contributed by atoms with E-state index < -0.39 is 10.0 Å². The molecule has 1 aliphatic heterocycles. The SMILES string of the molecule is Cc1nnc(NC(=O)CN2CCN(S(C)(=O)=O)CC2)s1. The summed E-state index contributed by atoms with van der Waals surface area (Å²) >= 11 is 1.32. The molecule has 1 aromatic rings.